The molecule has 0 spiro atoms. The Morgan fingerprint density at radius 1 is 1.48 bits per heavy atom. The third-order valence-corrected chi connectivity index (χ3v) is 5.06. The van der Waals surface area contributed by atoms with Gasteiger partial charge in [-0.3, -0.25) is 4.79 Å². The lowest BCUT2D eigenvalue weighted by Gasteiger charge is -2.30. The van der Waals surface area contributed by atoms with Crippen LogP contribution < -0.4 is 5.32 Å². The minimum atomic E-state index is 0.164. The Morgan fingerprint density at radius 2 is 2.19 bits per heavy atom. The highest BCUT2D eigenvalue weighted by Gasteiger charge is 2.20. The molecule has 1 aliphatic rings. The van der Waals surface area contributed by atoms with Crippen molar-refractivity contribution in [3.05, 3.63) is 11.9 Å². The van der Waals surface area contributed by atoms with Crippen LogP contribution in [-0.2, 0) is 18.4 Å². The molecule has 5 nitrogen and oxygen atoms in total. The predicted molar refractivity (Wildman–Crippen MR) is 86.3 cm³/mol. The first-order valence-corrected chi connectivity index (χ1v) is 8.90. The first kappa shape index (κ1) is 16.4. The van der Waals surface area contributed by atoms with Crippen molar-refractivity contribution in [2.24, 2.45) is 13.0 Å². The van der Waals surface area contributed by atoms with Crippen molar-refractivity contribution in [1.82, 2.24) is 19.8 Å². The van der Waals surface area contributed by atoms with Gasteiger partial charge < -0.3 is 14.8 Å². The highest BCUT2D eigenvalue weighted by molar-refractivity contribution is 7.98. The molecule has 118 valence electrons. The summed E-state index contributed by atoms with van der Waals surface area (Å²) in [4.78, 5) is 18.8. The summed E-state index contributed by atoms with van der Waals surface area (Å²) in [6, 6.07) is 0. The Labute approximate surface area is 131 Å². The van der Waals surface area contributed by atoms with E-state index in [9.17, 15) is 4.79 Å². The van der Waals surface area contributed by atoms with Gasteiger partial charge in [-0.25, -0.2) is 4.98 Å². The number of carbonyl (C=O) groups excluding carboxylic acids is 1. The second kappa shape index (κ2) is 7.84. The van der Waals surface area contributed by atoms with E-state index in [4.69, 9.17) is 0 Å². The summed E-state index contributed by atoms with van der Waals surface area (Å²) in [5, 5.41) is 4.01. The zero-order valence-corrected chi connectivity index (χ0v) is 14.1. The summed E-state index contributed by atoms with van der Waals surface area (Å²) < 4.78 is 2.03. The topological polar surface area (TPSA) is 50.2 Å². The van der Waals surface area contributed by atoms with E-state index in [1.165, 1.54) is 0 Å². The van der Waals surface area contributed by atoms with Gasteiger partial charge in [-0.1, -0.05) is 18.7 Å². The minimum absolute atomic E-state index is 0.164. The quantitative estimate of drug-likeness (QED) is 0.815. The third kappa shape index (κ3) is 4.48. The van der Waals surface area contributed by atoms with Gasteiger partial charge in [0.15, 0.2) is 5.16 Å². The zero-order valence-electron chi connectivity index (χ0n) is 13.3. The number of amides is 1. The molecule has 1 N–H and O–H groups in total. The van der Waals surface area contributed by atoms with Gasteiger partial charge in [-0.2, -0.15) is 0 Å². The number of piperidine rings is 1. The molecule has 0 radical (unpaired) electrons. The lowest BCUT2D eigenvalue weighted by atomic mass is 9.93. The molecule has 1 aromatic rings. The van der Waals surface area contributed by atoms with Gasteiger partial charge in [-0.15, -0.1) is 0 Å². The van der Waals surface area contributed by atoms with Gasteiger partial charge in [0.2, 0.25) is 5.91 Å². The average molecular weight is 310 g/mol. The monoisotopic (exact) mass is 310 g/mol. The Bertz CT molecular complexity index is 466. The fraction of sp³-hybridized carbons (Fsp3) is 0.733. The summed E-state index contributed by atoms with van der Waals surface area (Å²) in [7, 11) is 1.99. The van der Waals surface area contributed by atoms with Crippen molar-refractivity contribution in [1.29, 1.82) is 0 Å². The van der Waals surface area contributed by atoms with Crippen molar-refractivity contribution in [3.8, 4) is 0 Å². The highest BCUT2D eigenvalue weighted by atomic mass is 32.2. The summed E-state index contributed by atoms with van der Waals surface area (Å²) >= 11 is 1.62. The number of nitrogens with zero attached hydrogens (tertiary/aromatic N) is 3. The third-order valence-electron chi connectivity index (χ3n) is 4.32. The molecule has 0 unspecified atom stereocenters. The van der Waals surface area contributed by atoms with Crippen molar-refractivity contribution in [3.63, 3.8) is 0 Å². The molecule has 0 aromatic carbocycles. The standard InChI is InChI=1S/C15H26N4OS/c1-4-19-7-5-12(6-8-19)9-14(20)16-10-13-11-17-15(21-3)18(13)2/h11-12H,4-10H2,1-3H3,(H,16,20). The van der Waals surface area contributed by atoms with E-state index < -0.39 is 0 Å². The molecule has 1 aliphatic heterocycles. The van der Waals surface area contributed by atoms with Crippen LogP contribution in [0.1, 0.15) is 31.9 Å². The molecule has 1 fully saturated rings. The van der Waals surface area contributed by atoms with Crippen LogP contribution in [0.5, 0.6) is 0 Å². The number of imidazole rings is 1. The molecular formula is C15H26N4OS. The Hall–Kier alpha value is -1.01. The van der Waals surface area contributed by atoms with E-state index in [0.29, 0.717) is 18.9 Å². The second-order valence-corrected chi connectivity index (χ2v) is 6.43. The maximum Gasteiger partial charge on any atom is 0.220 e. The molecule has 1 saturated heterocycles. The van der Waals surface area contributed by atoms with Crippen LogP contribution in [-0.4, -0.2) is 46.2 Å². The van der Waals surface area contributed by atoms with Crippen molar-refractivity contribution in [2.45, 2.75) is 37.9 Å². The zero-order chi connectivity index (χ0) is 15.2. The molecule has 0 atom stereocenters. The fourth-order valence-electron chi connectivity index (χ4n) is 2.81. The average Bonchev–Trinajstić information content (AvgIpc) is 2.86. The molecule has 2 heterocycles. The number of nitrogens with one attached hydrogen (secondary N) is 1. The Balaban J connectivity index is 1.73. The Kier molecular flexibility index (Phi) is 6.11. The van der Waals surface area contributed by atoms with E-state index in [1.54, 1.807) is 11.8 Å². The second-order valence-electron chi connectivity index (χ2n) is 5.65. The summed E-state index contributed by atoms with van der Waals surface area (Å²) in [5.41, 5.74) is 1.05. The molecule has 0 bridgehead atoms. The number of aromatic nitrogens is 2. The highest BCUT2D eigenvalue weighted by Crippen LogP contribution is 2.20. The smallest absolute Gasteiger partial charge is 0.220 e. The van der Waals surface area contributed by atoms with E-state index >= 15 is 0 Å². The van der Waals surface area contributed by atoms with Crippen molar-refractivity contribution < 1.29 is 4.79 Å². The number of likely N-dealkylation sites (tertiary alicyclic amines) is 1. The summed E-state index contributed by atoms with van der Waals surface area (Å²) in [5.74, 6) is 0.706. The van der Waals surface area contributed by atoms with Crippen LogP contribution in [0.15, 0.2) is 11.4 Å². The van der Waals surface area contributed by atoms with E-state index in [0.717, 1.165) is 43.3 Å². The van der Waals surface area contributed by atoms with Gasteiger partial charge in [-0.05, 0) is 44.6 Å². The first-order valence-electron chi connectivity index (χ1n) is 7.67. The molecule has 6 heteroatoms. The minimum Gasteiger partial charge on any atom is -0.350 e. The predicted octanol–water partition coefficient (Wildman–Crippen LogP) is 1.88. The Morgan fingerprint density at radius 3 is 2.76 bits per heavy atom. The van der Waals surface area contributed by atoms with Crippen molar-refractivity contribution in [2.75, 3.05) is 25.9 Å². The van der Waals surface area contributed by atoms with Gasteiger partial charge >= 0.3 is 0 Å². The van der Waals surface area contributed by atoms with Crippen LogP contribution in [0.25, 0.3) is 0 Å². The van der Waals surface area contributed by atoms with Gasteiger partial charge in [0.1, 0.15) is 0 Å². The molecule has 2 rings (SSSR count). The summed E-state index contributed by atoms with van der Waals surface area (Å²) in [6.45, 7) is 6.15. The number of carbonyl (C=O) groups is 1. The molecule has 21 heavy (non-hydrogen) atoms. The number of hydrogen-bond acceptors (Lipinski definition) is 4. The number of hydrogen-bond donors (Lipinski definition) is 1. The van der Waals surface area contributed by atoms with Crippen LogP contribution in [0.2, 0.25) is 0 Å². The molecule has 1 amide bonds. The molecule has 1 aromatic heterocycles. The maximum absolute atomic E-state index is 12.1. The lowest BCUT2D eigenvalue weighted by molar-refractivity contribution is -0.122. The molecule has 0 aliphatic carbocycles. The van der Waals surface area contributed by atoms with E-state index in [2.05, 4.69) is 22.1 Å². The molecule has 0 saturated carbocycles. The van der Waals surface area contributed by atoms with Crippen LogP contribution in [0.4, 0.5) is 0 Å². The van der Waals surface area contributed by atoms with Crippen LogP contribution in [0.3, 0.4) is 0 Å². The van der Waals surface area contributed by atoms with Gasteiger partial charge in [0.05, 0.1) is 18.4 Å². The van der Waals surface area contributed by atoms with Crippen LogP contribution >= 0.6 is 11.8 Å². The normalized spacial score (nSPS) is 17.1. The number of rotatable bonds is 6. The largest absolute Gasteiger partial charge is 0.350 e. The number of thioether (sulfide) groups is 1. The lowest BCUT2D eigenvalue weighted by Crippen LogP contribution is -2.35. The fourth-order valence-corrected chi connectivity index (χ4v) is 3.36. The SMILES string of the molecule is CCN1CCC(CC(=O)NCc2cnc(SC)n2C)CC1. The van der Waals surface area contributed by atoms with Gasteiger partial charge in [0, 0.05) is 13.5 Å². The first-order chi connectivity index (χ1) is 10.1. The van der Waals surface area contributed by atoms with E-state index in [1.807, 2.05) is 24.1 Å². The van der Waals surface area contributed by atoms with Crippen molar-refractivity contribution >= 4 is 17.7 Å². The summed E-state index contributed by atoms with van der Waals surface area (Å²) in [6.07, 6.45) is 6.79. The van der Waals surface area contributed by atoms with Crippen LogP contribution in [0, 0.1) is 5.92 Å². The van der Waals surface area contributed by atoms with Gasteiger partial charge in [0.25, 0.3) is 0 Å². The molecular weight excluding hydrogens is 284 g/mol. The maximum atomic E-state index is 12.1. The van der Waals surface area contributed by atoms with E-state index in [-0.39, 0.29) is 5.91 Å².